The van der Waals surface area contributed by atoms with Crippen molar-refractivity contribution in [3.63, 3.8) is 0 Å². The minimum Gasteiger partial charge on any atom is -0.435 e. The summed E-state index contributed by atoms with van der Waals surface area (Å²) in [6.45, 7) is -2.35. The SMILES string of the molecule is O=C(NCCc1ccc(OC(F)F)cc1)c1csc(Br)c1. The molecule has 0 fully saturated rings. The maximum atomic E-state index is 12.0. The zero-order valence-electron chi connectivity index (χ0n) is 10.8. The fraction of sp³-hybridized carbons (Fsp3) is 0.214. The predicted molar refractivity (Wildman–Crippen MR) is 81.1 cm³/mol. The molecule has 0 atom stereocenters. The summed E-state index contributed by atoms with van der Waals surface area (Å²) in [5, 5.41) is 4.58. The molecule has 0 saturated carbocycles. The van der Waals surface area contributed by atoms with Gasteiger partial charge in [-0.3, -0.25) is 4.79 Å². The topological polar surface area (TPSA) is 38.3 Å². The molecule has 2 aromatic rings. The number of carbonyl (C=O) groups is 1. The average Bonchev–Trinajstić information content (AvgIpc) is 2.87. The summed E-state index contributed by atoms with van der Waals surface area (Å²) in [5.41, 5.74) is 1.55. The summed E-state index contributed by atoms with van der Waals surface area (Å²) in [7, 11) is 0. The van der Waals surface area contributed by atoms with Gasteiger partial charge in [0.25, 0.3) is 5.91 Å². The number of hydrogen-bond donors (Lipinski definition) is 1. The molecule has 0 bridgehead atoms. The van der Waals surface area contributed by atoms with E-state index in [1.54, 1.807) is 23.6 Å². The number of hydrogen-bond acceptors (Lipinski definition) is 3. The molecule has 1 aromatic carbocycles. The van der Waals surface area contributed by atoms with E-state index in [0.29, 0.717) is 18.5 Å². The minimum absolute atomic E-state index is 0.126. The van der Waals surface area contributed by atoms with E-state index in [4.69, 9.17) is 0 Å². The molecule has 0 aliphatic carbocycles. The molecule has 0 aliphatic rings. The summed E-state index contributed by atoms with van der Waals surface area (Å²) < 4.78 is 29.2. The van der Waals surface area contributed by atoms with Crippen LogP contribution in [0.5, 0.6) is 5.75 Å². The van der Waals surface area contributed by atoms with Crippen molar-refractivity contribution in [3.8, 4) is 5.75 Å². The van der Waals surface area contributed by atoms with Crippen molar-refractivity contribution >= 4 is 33.2 Å². The Morgan fingerprint density at radius 2 is 2.05 bits per heavy atom. The van der Waals surface area contributed by atoms with Crippen LogP contribution in [-0.4, -0.2) is 19.1 Å². The van der Waals surface area contributed by atoms with Gasteiger partial charge >= 0.3 is 6.61 Å². The Kier molecular flexibility index (Phi) is 5.69. The first-order valence-corrected chi connectivity index (χ1v) is 7.78. The number of halogens is 3. The molecule has 112 valence electrons. The first kappa shape index (κ1) is 15.9. The lowest BCUT2D eigenvalue weighted by Gasteiger charge is -2.06. The van der Waals surface area contributed by atoms with Crippen LogP contribution in [0.4, 0.5) is 8.78 Å². The number of alkyl halides is 2. The van der Waals surface area contributed by atoms with Gasteiger partial charge < -0.3 is 10.1 Å². The highest BCUT2D eigenvalue weighted by molar-refractivity contribution is 9.11. The van der Waals surface area contributed by atoms with Crippen LogP contribution in [0.15, 0.2) is 39.5 Å². The van der Waals surface area contributed by atoms with Crippen LogP contribution in [0.3, 0.4) is 0 Å². The van der Waals surface area contributed by atoms with Crippen molar-refractivity contribution in [2.75, 3.05) is 6.54 Å². The lowest BCUT2D eigenvalue weighted by atomic mass is 10.1. The third-order valence-electron chi connectivity index (χ3n) is 2.68. The van der Waals surface area contributed by atoms with Gasteiger partial charge in [0.15, 0.2) is 0 Å². The van der Waals surface area contributed by atoms with Gasteiger partial charge in [0.1, 0.15) is 5.75 Å². The van der Waals surface area contributed by atoms with Crippen LogP contribution >= 0.6 is 27.3 Å². The number of ether oxygens (including phenoxy) is 1. The Labute approximate surface area is 133 Å². The average molecular weight is 376 g/mol. The monoisotopic (exact) mass is 375 g/mol. The van der Waals surface area contributed by atoms with Crippen molar-refractivity contribution < 1.29 is 18.3 Å². The van der Waals surface area contributed by atoms with Gasteiger partial charge in [0.05, 0.1) is 9.35 Å². The Morgan fingerprint density at radius 3 is 2.62 bits per heavy atom. The Hall–Kier alpha value is -1.47. The van der Waals surface area contributed by atoms with Crippen LogP contribution in [-0.2, 0) is 6.42 Å². The minimum atomic E-state index is -2.82. The number of amides is 1. The molecule has 1 heterocycles. The second-order valence-electron chi connectivity index (χ2n) is 4.17. The fourth-order valence-corrected chi connectivity index (χ4v) is 2.83. The molecule has 0 unspecified atom stereocenters. The van der Waals surface area contributed by atoms with Crippen molar-refractivity contribution in [2.45, 2.75) is 13.0 Å². The molecule has 2 rings (SSSR count). The first-order valence-electron chi connectivity index (χ1n) is 6.10. The zero-order chi connectivity index (χ0) is 15.2. The number of nitrogens with one attached hydrogen (secondary N) is 1. The number of thiophene rings is 1. The second kappa shape index (κ2) is 7.51. The van der Waals surface area contributed by atoms with Crippen LogP contribution in [0, 0.1) is 0 Å². The van der Waals surface area contributed by atoms with E-state index >= 15 is 0 Å². The molecule has 1 N–H and O–H groups in total. The maximum Gasteiger partial charge on any atom is 0.387 e. The third-order valence-corrected chi connectivity index (χ3v) is 4.18. The summed E-state index contributed by atoms with van der Waals surface area (Å²) in [6.07, 6.45) is 0.617. The van der Waals surface area contributed by atoms with E-state index in [1.165, 1.54) is 23.5 Å². The molecular weight excluding hydrogens is 364 g/mol. The normalized spacial score (nSPS) is 10.7. The van der Waals surface area contributed by atoms with E-state index in [-0.39, 0.29) is 11.7 Å². The standard InChI is InChI=1S/C14H12BrF2NO2S/c15-12-7-10(8-21-12)13(19)18-6-5-9-1-3-11(4-2-9)20-14(16)17/h1-4,7-8,14H,5-6H2,(H,18,19). The largest absolute Gasteiger partial charge is 0.435 e. The lowest BCUT2D eigenvalue weighted by molar-refractivity contribution is -0.0498. The van der Waals surface area contributed by atoms with E-state index in [2.05, 4.69) is 26.0 Å². The molecule has 1 amide bonds. The highest BCUT2D eigenvalue weighted by atomic mass is 79.9. The molecule has 0 radical (unpaired) electrons. The van der Waals surface area contributed by atoms with Crippen LogP contribution in [0.1, 0.15) is 15.9 Å². The first-order chi connectivity index (χ1) is 10.0. The summed E-state index contributed by atoms with van der Waals surface area (Å²) in [5.74, 6) is -0.00415. The molecule has 3 nitrogen and oxygen atoms in total. The number of rotatable bonds is 6. The summed E-state index contributed by atoms with van der Waals surface area (Å²) in [6, 6.07) is 8.13. The third kappa shape index (κ3) is 5.09. The van der Waals surface area contributed by atoms with Crippen LogP contribution < -0.4 is 10.1 Å². The molecule has 1 aromatic heterocycles. The molecule has 0 aliphatic heterocycles. The Bertz CT molecular complexity index is 601. The van der Waals surface area contributed by atoms with Gasteiger partial charge in [0, 0.05) is 11.9 Å². The van der Waals surface area contributed by atoms with E-state index < -0.39 is 6.61 Å². The van der Waals surface area contributed by atoms with Crippen molar-refractivity contribution in [3.05, 3.63) is 50.6 Å². The van der Waals surface area contributed by atoms with Gasteiger partial charge in [-0.2, -0.15) is 8.78 Å². The Balaban J connectivity index is 1.79. The fourth-order valence-electron chi connectivity index (χ4n) is 1.69. The molecule has 21 heavy (non-hydrogen) atoms. The molecular formula is C14H12BrF2NO2S. The Morgan fingerprint density at radius 1 is 1.33 bits per heavy atom. The van der Waals surface area contributed by atoms with Gasteiger partial charge in [0.2, 0.25) is 0 Å². The molecule has 7 heteroatoms. The van der Waals surface area contributed by atoms with Crippen LogP contribution in [0.25, 0.3) is 0 Å². The highest BCUT2D eigenvalue weighted by Gasteiger charge is 2.07. The van der Waals surface area contributed by atoms with E-state index in [0.717, 1.165) is 9.35 Å². The van der Waals surface area contributed by atoms with Crippen molar-refractivity contribution in [1.29, 1.82) is 0 Å². The van der Waals surface area contributed by atoms with Crippen molar-refractivity contribution in [1.82, 2.24) is 5.32 Å². The predicted octanol–water partition coefficient (Wildman–Crippen LogP) is 4.08. The van der Waals surface area contributed by atoms with Crippen LogP contribution in [0.2, 0.25) is 0 Å². The van der Waals surface area contributed by atoms with E-state index in [1.807, 2.05) is 0 Å². The summed E-state index contributed by atoms with van der Waals surface area (Å²) >= 11 is 4.75. The van der Waals surface area contributed by atoms with Gasteiger partial charge in [-0.25, -0.2) is 0 Å². The lowest BCUT2D eigenvalue weighted by Crippen LogP contribution is -2.25. The number of carbonyl (C=O) groups excluding carboxylic acids is 1. The van der Waals surface area contributed by atoms with Gasteiger partial charge in [-0.1, -0.05) is 12.1 Å². The maximum absolute atomic E-state index is 12.0. The smallest absolute Gasteiger partial charge is 0.387 e. The zero-order valence-corrected chi connectivity index (χ0v) is 13.2. The number of benzene rings is 1. The highest BCUT2D eigenvalue weighted by Crippen LogP contribution is 2.20. The quantitative estimate of drug-likeness (QED) is 0.825. The summed E-state index contributed by atoms with van der Waals surface area (Å²) in [4.78, 5) is 11.8. The molecule has 0 spiro atoms. The van der Waals surface area contributed by atoms with E-state index in [9.17, 15) is 13.6 Å². The molecule has 0 saturated heterocycles. The van der Waals surface area contributed by atoms with Gasteiger partial charge in [-0.15, -0.1) is 11.3 Å². The van der Waals surface area contributed by atoms with Gasteiger partial charge in [-0.05, 0) is 46.1 Å². The van der Waals surface area contributed by atoms with Crippen molar-refractivity contribution in [2.24, 2.45) is 0 Å². The second-order valence-corrected chi connectivity index (χ2v) is 6.46.